The average Bonchev–Trinajstić information content (AvgIpc) is 3.01. The van der Waals surface area contributed by atoms with Gasteiger partial charge in [-0.2, -0.15) is 5.26 Å². The van der Waals surface area contributed by atoms with Crippen molar-refractivity contribution in [2.75, 3.05) is 0 Å². The van der Waals surface area contributed by atoms with Crippen molar-refractivity contribution in [2.24, 2.45) is 0 Å². The summed E-state index contributed by atoms with van der Waals surface area (Å²) in [7, 11) is 0. The Morgan fingerprint density at radius 2 is 2.04 bits per heavy atom. The van der Waals surface area contributed by atoms with Crippen LogP contribution in [-0.4, -0.2) is 19.6 Å². The molecule has 0 atom stereocenters. The van der Waals surface area contributed by atoms with E-state index >= 15 is 0 Å². The van der Waals surface area contributed by atoms with Crippen LogP contribution in [0.2, 0.25) is 5.15 Å². The van der Waals surface area contributed by atoms with Gasteiger partial charge in [0.05, 0.1) is 0 Å². The summed E-state index contributed by atoms with van der Waals surface area (Å²) in [6.45, 7) is 4.06. The molecule has 116 valence electrons. The highest BCUT2D eigenvalue weighted by Gasteiger charge is 2.19. The Bertz CT molecular complexity index is 893. The lowest BCUT2D eigenvalue weighted by molar-refractivity contribution is 0.781. The van der Waals surface area contributed by atoms with Crippen molar-refractivity contribution in [3.8, 4) is 17.5 Å². The molecule has 0 bridgehead atoms. The standard InChI is InChI=1S/C17H16ClN5/c1-3-4-5-13-11(2)14(10-19)17-21-16(22-23(17)15(13)18)12-6-8-20-9-7-12/h6-9H,3-5H2,1-2H3. The molecule has 3 rings (SSSR count). The second-order valence-electron chi connectivity index (χ2n) is 5.39. The van der Waals surface area contributed by atoms with Gasteiger partial charge in [-0.1, -0.05) is 24.9 Å². The number of aromatic nitrogens is 4. The van der Waals surface area contributed by atoms with Crippen molar-refractivity contribution < 1.29 is 0 Å². The minimum absolute atomic E-state index is 0.502. The van der Waals surface area contributed by atoms with Crippen LogP contribution in [0.3, 0.4) is 0 Å². The first-order chi connectivity index (χ1) is 11.2. The van der Waals surface area contributed by atoms with E-state index in [0.717, 1.165) is 36.0 Å². The molecule has 0 aromatic carbocycles. The van der Waals surface area contributed by atoms with Gasteiger partial charge >= 0.3 is 0 Å². The molecule has 23 heavy (non-hydrogen) atoms. The lowest BCUT2D eigenvalue weighted by atomic mass is 10.0. The van der Waals surface area contributed by atoms with Gasteiger partial charge in [-0.25, -0.2) is 9.50 Å². The summed E-state index contributed by atoms with van der Waals surface area (Å²) >= 11 is 6.55. The van der Waals surface area contributed by atoms with Gasteiger partial charge in [-0.05, 0) is 43.0 Å². The Morgan fingerprint density at radius 3 is 2.70 bits per heavy atom. The third-order valence-electron chi connectivity index (χ3n) is 3.92. The van der Waals surface area contributed by atoms with E-state index in [0.29, 0.717) is 22.2 Å². The molecule has 3 aromatic rings. The Labute approximate surface area is 139 Å². The molecule has 0 N–H and O–H groups in total. The highest BCUT2D eigenvalue weighted by Crippen LogP contribution is 2.29. The minimum Gasteiger partial charge on any atom is -0.265 e. The summed E-state index contributed by atoms with van der Waals surface area (Å²) in [6, 6.07) is 5.92. The topological polar surface area (TPSA) is 66.9 Å². The third kappa shape index (κ3) is 2.66. The van der Waals surface area contributed by atoms with Gasteiger partial charge in [0, 0.05) is 18.0 Å². The van der Waals surface area contributed by atoms with Crippen LogP contribution in [0.15, 0.2) is 24.5 Å². The van der Waals surface area contributed by atoms with Crippen LogP contribution in [0.4, 0.5) is 0 Å². The molecule has 0 saturated carbocycles. The first-order valence-corrected chi connectivity index (χ1v) is 7.93. The number of hydrogen-bond donors (Lipinski definition) is 0. The Kier molecular flexibility index (Phi) is 4.26. The zero-order chi connectivity index (χ0) is 16.4. The zero-order valence-corrected chi connectivity index (χ0v) is 13.8. The van der Waals surface area contributed by atoms with Crippen LogP contribution in [0.1, 0.15) is 36.5 Å². The van der Waals surface area contributed by atoms with Gasteiger partial charge in [0.2, 0.25) is 0 Å². The molecule has 3 aromatic heterocycles. The van der Waals surface area contributed by atoms with Gasteiger partial charge in [0.1, 0.15) is 16.8 Å². The van der Waals surface area contributed by atoms with E-state index in [1.54, 1.807) is 16.9 Å². The van der Waals surface area contributed by atoms with Crippen molar-refractivity contribution in [2.45, 2.75) is 33.1 Å². The second-order valence-corrected chi connectivity index (χ2v) is 5.75. The normalized spacial score (nSPS) is 10.9. The van der Waals surface area contributed by atoms with Gasteiger partial charge < -0.3 is 0 Å². The van der Waals surface area contributed by atoms with Crippen molar-refractivity contribution >= 4 is 17.2 Å². The fraction of sp³-hybridized carbons (Fsp3) is 0.294. The molecule has 0 amide bonds. The number of halogens is 1. The maximum absolute atomic E-state index is 9.55. The molecule has 0 unspecified atom stereocenters. The van der Waals surface area contributed by atoms with E-state index in [2.05, 4.69) is 28.1 Å². The van der Waals surface area contributed by atoms with Crippen LogP contribution in [-0.2, 0) is 6.42 Å². The number of fused-ring (bicyclic) bond motifs is 1. The molecule has 0 aliphatic carbocycles. The highest BCUT2D eigenvalue weighted by atomic mass is 35.5. The van der Waals surface area contributed by atoms with Gasteiger partial charge in [-0.15, -0.1) is 5.10 Å². The molecule has 0 aliphatic rings. The smallest absolute Gasteiger partial charge is 0.182 e. The van der Waals surface area contributed by atoms with E-state index < -0.39 is 0 Å². The van der Waals surface area contributed by atoms with E-state index in [-0.39, 0.29) is 0 Å². The first-order valence-electron chi connectivity index (χ1n) is 7.55. The van der Waals surface area contributed by atoms with Gasteiger partial charge in [0.25, 0.3) is 0 Å². The molecule has 0 radical (unpaired) electrons. The number of nitrogens with zero attached hydrogens (tertiary/aromatic N) is 5. The summed E-state index contributed by atoms with van der Waals surface area (Å²) in [6.07, 6.45) is 6.28. The van der Waals surface area contributed by atoms with Crippen molar-refractivity contribution in [1.82, 2.24) is 19.6 Å². The lowest BCUT2D eigenvalue weighted by Gasteiger charge is -2.11. The van der Waals surface area contributed by atoms with Crippen LogP contribution in [0.25, 0.3) is 17.0 Å². The van der Waals surface area contributed by atoms with Crippen molar-refractivity contribution in [1.29, 1.82) is 5.26 Å². The van der Waals surface area contributed by atoms with E-state index in [9.17, 15) is 5.26 Å². The maximum atomic E-state index is 9.55. The summed E-state index contributed by atoms with van der Waals surface area (Å²) < 4.78 is 1.58. The molecule has 0 spiro atoms. The van der Waals surface area contributed by atoms with Crippen LogP contribution in [0, 0.1) is 18.3 Å². The summed E-state index contributed by atoms with van der Waals surface area (Å²) in [5.74, 6) is 0.540. The summed E-state index contributed by atoms with van der Waals surface area (Å²) in [5.41, 5.74) is 3.75. The predicted molar refractivity (Wildman–Crippen MR) is 89.3 cm³/mol. The maximum Gasteiger partial charge on any atom is 0.182 e. The molecule has 6 heteroatoms. The second kappa shape index (κ2) is 6.35. The quantitative estimate of drug-likeness (QED) is 0.681. The van der Waals surface area contributed by atoms with Gasteiger partial charge in [0.15, 0.2) is 11.5 Å². The number of rotatable bonds is 4. The molecule has 0 aliphatic heterocycles. The SMILES string of the molecule is CCCCc1c(C)c(C#N)c2nc(-c3ccncc3)nn2c1Cl. The Balaban J connectivity index is 2.25. The number of unbranched alkanes of at least 4 members (excludes halogenated alkanes) is 1. The van der Waals surface area contributed by atoms with Crippen LogP contribution < -0.4 is 0 Å². The largest absolute Gasteiger partial charge is 0.265 e. The number of pyridine rings is 2. The van der Waals surface area contributed by atoms with Gasteiger partial charge in [-0.3, -0.25) is 4.98 Å². The Morgan fingerprint density at radius 1 is 1.30 bits per heavy atom. The zero-order valence-electron chi connectivity index (χ0n) is 13.0. The average molecular weight is 326 g/mol. The molecular weight excluding hydrogens is 310 g/mol. The van der Waals surface area contributed by atoms with Crippen LogP contribution >= 0.6 is 11.6 Å². The monoisotopic (exact) mass is 325 g/mol. The number of hydrogen-bond acceptors (Lipinski definition) is 4. The molecule has 0 saturated heterocycles. The third-order valence-corrected chi connectivity index (χ3v) is 4.31. The Hall–Kier alpha value is -2.45. The molecular formula is C17H16ClN5. The highest BCUT2D eigenvalue weighted by molar-refractivity contribution is 6.30. The number of nitriles is 1. The van der Waals surface area contributed by atoms with E-state index in [4.69, 9.17) is 11.6 Å². The fourth-order valence-corrected chi connectivity index (χ4v) is 2.97. The van der Waals surface area contributed by atoms with Crippen molar-refractivity contribution in [3.63, 3.8) is 0 Å². The van der Waals surface area contributed by atoms with E-state index in [1.165, 1.54) is 0 Å². The van der Waals surface area contributed by atoms with Crippen molar-refractivity contribution in [3.05, 3.63) is 46.4 Å². The van der Waals surface area contributed by atoms with E-state index in [1.807, 2.05) is 19.1 Å². The molecule has 5 nitrogen and oxygen atoms in total. The molecule has 3 heterocycles. The first kappa shape index (κ1) is 15.4. The molecule has 0 fully saturated rings. The predicted octanol–water partition coefficient (Wildman–Crippen LogP) is 3.97. The minimum atomic E-state index is 0.502. The summed E-state index contributed by atoms with van der Waals surface area (Å²) in [5, 5.41) is 14.6. The fourth-order valence-electron chi connectivity index (χ4n) is 2.61. The lowest BCUT2D eigenvalue weighted by Crippen LogP contribution is -2.03. The van der Waals surface area contributed by atoms with Crippen LogP contribution in [0.5, 0.6) is 0 Å². The summed E-state index contributed by atoms with van der Waals surface area (Å²) in [4.78, 5) is 8.51.